The van der Waals surface area contributed by atoms with Crippen LogP contribution < -0.4 is 0 Å². The van der Waals surface area contributed by atoms with E-state index in [-0.39, 0.29) is 0 Å². The minimum Gasteiger partial charge on any atom is -0.0871 e. The monoisotopic (exact) mass is 264 g/mol. The van der Waals surface area contributed by atoms with E-state index >= 15 is 0 Å². The topological polar surface area (TPSA) is 0 Å². The molecular formula is C20H24. The van der Waals surface area contributed by atoms with Crippen LogP contribution in [-0.4, -0.2) is 0 Å². The highest BCUT2D eigenvalue weighted by molar-refractivity contribution is 5.75. The second-order valence-corrected chi connectivity index (χ2v) is 4.19. The molecule has 0 amide bonds. The highest BCUT2D eigenvalue weighted by Crippen LogP contribution is 2.22. The van der Waals surface area contributed by atoms with Crippen molar-refractivity contribution in [3.05, 3.63) is 78.4 Å². The van der Waals surface area contributed by atoms with E-state index in [0.717, 1.165) is 0 Å². The van der Waals surface area contributed by atoms with Crippen LogP contribution in [0.25, 0.3) is 16.7 Å². The van der Waals surface area contributed by atoms with Crippen molar-refractivity contribution in [1.82, 2.24) is 0 Å². The zero-order valence-corrected chi connectivity index (χ0v) is 12.9. The van der Waals surface area contributed by atoms with Crippen LogP contribution >= 0.6 is 0 Å². The summed E-state index contributed by atoms with van der Waals surface area (Å²) in [6.45, 7) is 8.11. The third kappa shape index (κ3) is 4.24. The first kappa shape index (κ1) is 16.0. The fourth-order valence-corrected chi connectivity index (χ4v) is 2.02. The molecule has 0 aliphatic heterocycles. The van der Waals surface area contributed by atoms with Gasteiger partial charge >= 0.3 is 0 Å². The number of allylic oxidation sites excluding steroid dienone is 4. The molecule has 0 heteroatoms. The van der Waals surface area contributed by atoms with Gasteiger partial charge in [0.05, 0.1) is 0 Å². The standard InChI is InChI=1S/C18H18.C2H6/c1-3-8-15(4-2)17-11-13-18(14-12-17)16-9-6-5-7-10-16;1-2/h3-14H,1-2H3;1-2H3/b8-3-,15-4+;. The Morgan fingerprint density at radius 1 is 0.750 bits per heavy atom. The van der Waals surface area contributed by atoms with Crippen LogP contribution in [0, 0.1) is 0 Å². The molecule has 0 bridgehead atoms. The SMILES string of the molecule is C/C=C\C(=C/C)c1ccc(-c2ccccc2)cc1.CC. The second kappa shape index (κ2) is 8.92. The zero-order chi connectivity index (χ0) is 14.8. The maximum Gasteiger partial charge on any atom is -0.0184 e. The molecule has 2 aromatic carbocycles. The van der Waals surface area contributed by atoms with Crippen LogP contribution in [0.5, 0.6) is 0 Å². The molecule has 0 saturated carbocycles. The molecule has 0 atom stereocenters. The van der Waals surface area contributed by atoms with Gasteiger partial charge in [-0.25, -0.2) is 0 Å². The van der Waals surface area contributed by atoms with Gasteiger partial charge in [0, 0.05) is 0 Å². The van der Waals surface area contributed by atoms with E-state index in [2.05, 4.69) is 73.7 Å². The Kier molecular flexibility index (Phi) is 7.13. The van der Waals surface area contributed by atoms with E-state index in [0.29, 0.717) is 0 Å². The van der Waals surface area contributed by atoms with Crippen LogP contribution in [0.4, 0.5) is 0 Å². The summed E-state index contributed by atoms with van der Waals surface area (Å²) in [5.74, 6) is 0. The normalized spacial score (nSPS) is 11.1. The van der Waals surface area contributed by atoms with Crippen LogP contribution in [0.3, 0.4) is 0 Å². The summed E-state index contributed by atoms with van der Waals surface area (Å²) in [7, 11) is 0. The van der Waals surface area contributed by atoms with Gasteiger partial charge in [0.15, 0.2) is 0 Å². The average Bonchev–Trinajstić information content (AvgIpc) is 2.55. The predicted molar refractivity (Wildman–Crippen MR) is 91.7 cm³/mol. The van der Waals surface area contributed by atoms with Gasteiger partial charge in [-0.05, 0) is 36.1 Å². The van der Waals surface area contributed by atoms with Crippen LogP contribution in [0.2, 0.25) is 0 Å². The van der Waals surface area contributed by atoms with Crippen LogP contribution in [-0.2, 0) is 0 Å². The Balaban J connectivity index is 0.000000956. The first-order valence-corrected chi connectivity index (χ1v) is 7.30. The van der Waals surface area contributed by atoms with Gasteiger partial charge in [-0.1, -0.05) is 86.7 Å². The Labute approximate surface area is 123 Å². The predicted octanol–water partition coefficient (Wildman–Crippen LogP) is 6.36. The largest absolute Gasteiger partial charge is 0.0871 e. The fourth-order valence-electron chi connectivity index (χ4n) is 2.02. The van der Waals surface area contributed by atoms with Crippen LogP contribution in [0.15, 0.2) is 72.8 Å². The Morgan fingerprint density at radius 2 is 1.30 bits per heavy atom. The summed E-state index contributed by atoms with van der Waals surface area (Å²) in [4.78, 5) is 0. The molecule has 0 fully saturated rings. The van der Waals surface area contributed by atoms with Crippen molar-refractivity contribution >= 4 is 5.57 Å². The van der Waals surface area contributed by atoms with Crippen molar-refractivity contribution in [3.8, 4) is 11.1 Å². The number of hydrogen-bond donors (Lipinski definition) is 0. The summed E-state index contributed by atoms with van der Waals surface area (Å²) in [6, 6.07) is 19.2. The molecule has 0 aliphatic carbocycles. The molecule has 2 rings (SSSR count). The molecule has 0 saturated heterocycles. The maximum absolute atomic E-state index is 2.18. The third-order valence-corrected chi connectivity index (χ3v) is 2.98. The van der Waals surface area contributed by atoms with Crippen LogP contribution in [0.1, 0.15) is 33.3 Å². The first-order valence-electron chi connectivity index (χ1n) is 7.30. The molecule has 20 heavy (non-hydrogen) atoms. The molecule has 0 nitrogen and oxygen atoms in total. The van der Waals surface area contributed by atoms with E-state index in [1.165, 1.54) is 22.3 Å². The van der Waals surface area contributed by atoms with E-state index in [1.54, 1.807) is 0 Å². The minimum atomic E-state index is 1.26. The maximum atomic E-state index is 2.18. The smallest absolute Gasteiger partial charge is 0.0184 e. The van der Waals surface area contributed by atoms with Crippen molar-refractivity contribution in [1.29, 1.82) is 0 Å². The number of benzene rings is 2. The van der Waals surface area contributed by atoms with Gasteiger partial charge in [-0.2, -0.15) is 0 Å². The lowest BCUT2D eigenvalue weighted by Gasteiger charge is -2.05. The number of rotatable bonds is 3. The van der Waals surface area contributed by atoms with Gasteiger partial charge in [0.2, 0.25) is 0 Å². The minimum absolute atomic E-state index is 1.26. The summed E-state index contributed by atoms with van der Waals surface area (Å²) in [6.07, 6.45) is 6.34. The first-order chi connectivity index (χ1) is 9.85. The average molecular weight is 264 g/mol. The summed E-state index contributed by atoms with van der Waals surface area (Å²) in [5, 5.41) is 0. The zero-order valence-electron chi connectivity index (χ0n) is 12.9. The van der Waals surface area contributed by atoms with Gasteiger partial charge in [0.25, 0.3) is 0 Å². The molecule has 0 radical (unpaired) electrons. The van der Waals surface area contributed by atoms with E-state index in [4.69, 9.17) is 0 Å². The summed E-state index contributed by atoms with van der Waals surface area (Å²) >= 11 is 0. The highest BCUT2D eigenvalue weighted by atomic mass is 14.0. The van der Waals surface area contributed by atoms with Crippen molar-refractivity contribution in [3.63, 3.8) is 0 Å². The summed E-state index contributed by atoms with van der Waals surface area (Å²) in [5.41, 5.74) is 5.04. The van der Waals surface area contributed by atoms with Gasteiger partial charge < -0.3 is 0 Å². The number of hydrogen-bond acceptors (Lipinski definition) is 0. The molecule has 0 unspecified atom stereocenters. The Bertz CT molecular complexity index is 542. The third-order valence-electron chi connectivity index (χ3n) is 2.98. The Hall–Kier alpha value is -2.08. The highest BCUT2D eigenvalue weighted by Gasteiger charge is 1.99. The lowest BCUT2D eigenvalue weighted by atomic mass is 10.00. The van der Waals surface area contributed by atoms with Crippen molar-refractivity contribution in [2.45, 2.75) is 27.7 Å². The second-order valence-electron chi connectivity index (χ2n) is 4.19. The fraction of sp³-hybridized carbons (Fsp3) is 0.200. The quantitative estimate of drug-likeness (QED) is 0.566. The molecule has 104 valence electrons. The summed E-state index contributed by atoms with van der Waals surface area (Å²) < 4.78 is 0. The van der Waals surface area contributed by atoms with Crippen molar-refractivity contribution < 1.29 is 0 Å². The van der Waals surface area contributed by atoms with Crippen molar-refractivity contribution in [2.24, 2.45) is 0 Å². The molecule has 0 heterocycles. The molecule has 0 spiro atoms. The van der Waals surface area contributed by atoms with E-state index < -0.39 is 0 Å². The van der Waals surface area contributed by atoms with E-state index in [1.807, 2.05) is 26.8 Å². The van der Waals surface area contributed by atoms with Crippen molar-refractivity contribution in [2.75, 3.05) is 0 Å². The molecule has 0 aliphatic rings. The molecule has 0 N–H and O–H groups in total. The molecule has 2 aromatic rings. The van der Waals surface area contributed by atoms with Gasteiger partial charge in [-0.3, -0.25) is 0 Å². The molecular weight excluding hydrogens is 240 g/mol. The molecule has 0 aromatic heterocycles. The lowest BCUT2D eigenvalue weighted by Crippen LogP contribution is -1.82. The van der Waals surface area contributed by atoms with Gasteiger partial charge in [0.1, 0.15) is 0 Å². The van der Waals surface area contributed by atoms with E-state index in [9.17, 15) is 0 Å². The lowest BCUT2D eigenvalue weighted by molar-refractivity contribution is 1.50. The van der Waals surface area contributed by atoms with Gasteiger partial charge in [-0.15, -0.1) is 0 Å². The Morgan fingerprint density at radius 3 is 1.80 bits per heavy atom.